The third-order valence-corrected chi connectivity index (χ3v) is 4.15. The van der Waals surface area contributed by atoms with Gasteiger partial charge in [-0.25, -0.2) is 0 Å². The van der Waals surface area contributed by atoms with Crippen LogP contribution in [-0.4, -0.2) is 37.4 Å². The molecule has 0 fully saturated rings. The average molecular weight is 311 g/mol. The number of likely N-dealkylation sites (N-methyl/N-ethyl adjacent to an activating group) is 1. The van der Waals surface area contributed by atoms with E-state index in [-0.39, 0.29) is 0 Å². The Morgan fingerprint density at radius 3 is 2.48 bits per heavy atom. The van der Waals surface area contributed by atoms with E-state index in [0.29, 0.717) is 17.9 Å². The molecule has 0 aromatic heterocycles. The number of carbonyl (C=O) groups is 1. The Kier molecular flexibility index (Phi) is 6.36. The van der Waals surface area contributed by atoms with Gasteiger partial charge in [-0.2, -0.15) is 0 Å². The first-order valence-corrected chi connectivity index (χ1v) is 8.20. The van der Waals surface area contributed by atoms with Crippen LogP contribution in [0.25, 0.3) is 11.1 Å². The average Bonchev–Trinajstić information content (AvgIpc) is 2.59. The van der Waals surface area contributed by atoms with Crippen LogP contribution >= 0.6 is 0 Å². The molecule has 3 nitrogen and oxygen atoms in total. The molecule has 0 bridgehead atoms. The molecule has 122 valence electrons. The lowest BCUT2D eigenvalue weighted by Crippen LogP contribution is -2.28. The maximum atomic E-state index is 11.4. The van der Waals surface area contributed by atoms with Crippen LogP contribution < -0.4 is 4.74 Å². The van der Waals surface area contributed by atoms with E-state index in [1.54, 1.807) is 0 Å². The highest BCUT2D eigenvalue weighted by Crippen LogP contribution is 2.28. The molecular formula is C20H25NO2. The molecule has 2 rings (SSSR count). The Balaban J connectivity index is 2.14. The molecule has 0 heterocycles. The first kappa shape index (κ1) is 17.2. The van der Waals surface area contributed by atoms with Gasteiger partial charge in [0.25, 0.3) is 0 Å². The minimum Gasteiger partial charge on any atom is -0.492 e. The minimum absolute atomic E-state index is 0.590. The number of hydrogen-bond donors (Lipinski definition) is 0. The predicted octanol–water partition coefficient (Wildman–Crippen LogP) is 4.20. The fourth-order valence-corrected chi connectivity index (χ4v) is 2.66. The maximum absolute atomic E-state index is 11.4. The number of rotatable bonds is 8. The molecule has 0 unspecified atom stereocenters. The molecule has 0 spiro atoms. The number of nitrogens with zero attached hydrogens (tertiary/aromatic N) is 1. The topological polar surface area (TPSA) is 29.5 Å². The molecule has 23 heavy (non-hydrogen) atoms. The molecular weight excluding hydrogens is 286 g/mol. The highest BCUT2D eigenvalue weighted by Gasteiger charge is 2.08. The SMILES string of the molecule is CCN(CC)CCOc1ccc(-c2ccccc2C)cc1C=O. The zero-order valence-electron chi connectivity index (χ0n) is 14.2. The predicted molar refractivity (Wildman–Crippen MR) is 95.3 cm³/mol. The second kappa shape index (κ2) is 8.49. The summed E-state index contributed by atoms with van der Waals surface area (Å²) in [6, 6.07) is 14.0. The Labute approximate surface area is 138 Å². The monoisotopic (exact) mass is 311 g/mol. The summed E-state index contributed by atoms with van der Waals surface area (Å²) >= 11 is 0. The summed E-state index contributed by atoms with van der Waals surface area (Å²) < 4.78 is 5.81. The van der Waals surface area contributed by atoms with Crippen molar-refractivity contribution < 1.29 is 9.53 Å². The summed E-state index contributed by atoms with van der Waals surface area (Å²) in [5, 5.41) is 0. The van der Waals surface area contributed by atoms with Crippen LogP contribution in [0.3, 0.4) is 0 Å². The maximum Gasteiger partial charge on any atom is 0.153 e. The van der Waals surface area contributed by atoms with Crippen molar-refractivity contribution in [2.45, 2.75) is 20.8 Å². The van der Waals surface area contributed by atoms with Crippen LogP contribution in [-0.2, 0) is 0 Å². The van der Waals surface area contributed by atoms with Crippen LogP contribution in [0, 0.1) is 6.92 Å². The van der Waals surface area contributed by atoms with Gasteiger partial charge in [-0.15, -0.1) is 0 Å². The molecule has 0 radical (unpaired) electrons. The standard InChI is InChI=1S/C20H25NO2/c1-4-21(5-2)12-13-23-20-11-10-17(14-18(20)15-22)19-9-7-6-8-16(19)3/h6-11,14-15H,4-5,12-13H2,1-3H3. The van der Waals surface area contributed by atoms with E-state index in [9.17, 15) is 4.79 Å². The van der Waals surface area contributed by atoms with Crippen LogP contribution in [0.1, 0.15) is 29.8 Å². The summed E-state index contributed by atoms with van der Waals surface area (Å²) in [6.07, 6.45) is 0.870. The summed E-state index contributed by atoms with van der Waals surface area (Å²) in [4.78, 5) is 13.7. The zero-order valence-corrected chi connectivity index (χ0v) is 14.2. The van der Waals surface area contributed by atoms with Gasteiger partial charge in [-0.3, -0.25) is 4.79 Å². The van der Waals surface area contributed by atoms with Gasteiger partial charge < -0.3 is 9.64 Å². The summed E-state index contributed by atoms with van der Waals surface area (Å²) in [7, 11) is 0. The van der Waals surface area contributed by atoms with E-state index in [0.717, 1.165) is 37.0 Å². The number of aldehydes is 1. The van der Waals surface area contributed by atoms with Gasteiger partial charge in [0.2, 0.25) is 0 Å². The second-order valence-electron chi connectivity index (χ2n) is 5.56. The van der Waals surface area contributed by atoms with E-state index < -0.39 is 0 Å². The van der Waals surface area contributed by atoms with E-state index in [4.69, 9.17) is 4.74 Å². The zero-order chi connectivity index (χ0) is 16.7. The van der Waals surface area contributed by atoms with Gasteiger partial charge >= 0.3 is 0 Å². The molecule has 2 aromatic rings. The second-order valence-corrected chi connectivity index (χ2v) is 5.56. The highest BCUT2D eigenvalue weighted by atomic mass is 16.5. The smallest absolute Gasteiger partial charge is 0.153 e. The van der Waals surface area contributed by atoms with Crippen LogP contribution in [0.5, 0.6) is 5.75 Å². The van der Waals surface area contributed by atoms with Crippen LogP contribution in [0.4, 0.5) is 0 Å². The third-order valence-electron chi connectivity index (χ3n) is 4.15. The Bertz CT molecular complexity index is 648. The van der Waals surface area contributed by atoms with Gasteiger partial charge in [0, 0.05) is 6.54 Å². The Hall–Kier alpha value is -2.13. The van der Waals surface area contributed by atoms with Crippen molar-refractivity contribution in [2.75, 3.05) is 26.2 Å². The fraction of sp³-hybridized carbons (Fsp3) is 0.350. The van der Waals surface area contributed by atoms with Crippen molar-refractivity contribution in [3.05, 3.63) is 53.6 Å². The molecule has 0 aliphatic carbocycles. The van der Waals surface area contributed by atoms with E-state index in [1.807, 2.05) is 30.3 Å². The molecule has 0 saturated heterocycles. The van der Waals surface area contributed by atoms with Gasteiger partial charge in [0.1, 0.15) is 12.4 Å². The highest BCUT2D eigenvalue weighted by molar-refractivity contribution is 5.83. The van der Waals surface area contributed by atoms with Crippen molar-refractivity contribution in [3.63, 3.8) is 0 Å². The lowest BCUT2D eigenvalue weighted by Gasteiger charge is -2.18. The first-order chi connectivity index (χ1) is 11.2. The fourth-order valence-electron chi connectivity index (χ4n) is 2.66. The molecule has 0 atom stereocenters. The first-order valence-electron chi connectivity index (χ1n) is 8.20. The van der Waals surface area contributed by atoms with E-state index in [1.165, 1.54) is 5.56 Å². The van der Waals surface area contributed by atoms with Crippen molar-refractivity contribution >= 4 is 6.29 Å². The molecule has 3 heteroatoms. The molecule has 0 N–H and O–H groups in total. The van der Waals surface area contributed by atoms with Crippen molar-refractivity contribution in [1.82, 2.24) is 4.90 Å². The number of aryl methyl sites for hydroxylation is 1. The molecule has 2 aromatic carbocycles. The van der Waals surface area contributed by atoms with E-state index >= 15 is 0 Å². The summed E-state index contributed by atoms with van der Waals surface area (Å²) in [6.45, 7) is 9.81. The lowest BCUT2D eigenvalue weighted by molar-refractivity contribution is 0.111. The quantitative estimate of drug-likeness (QED) is 0.684. The van der Waals surface area contributed by atoms with Gasteiger partial charge in [-0.05, 0) is 48.8 Å². The minimum atomic E-state index is 0.590. The van der Waals surface area contributed by atoms with Crippen LogP contribution in [0.15, 0.2) is 42.5 Å². The number of hydrogen-bond acceptors (Lipinski definition) is 3. The van der Waals surface area contributed by atoms with Gasteiger partial charge in [0.15, 0.2) is 6.29 Å². The number of carbonyl (C=O) groups excluding carboxylic acids is 1. The Morgan fingerprint density at radius 1 is 1.09 bits per heavy atom. The largest absolute Gasteiger partial charge is 0.492 e. The van der Waals surface area contributed by atoms with Crippen molar-refractivity contribution in [1.29, 1.82) is 0 Å². The van der Waals surface area contributed by atoms with E-state index in [2.05, 4.69) is 37.8 Å². The van der Waals surface area contributed by atoms with Crippen molar-refractivity contribution in [3.8, 4) is 16.9 Å². The molecule has 0 aliphatic heterocycles. The number of ether oxygens (including phenoxy) is 1. The third kappa shape index (κ3) is 4.42. The summed E-state index contributed by atoms with van der Waals surface area (Å²) in [5.41, 5.74) is 3.98. The molecule has 0 saturated carbocycles. The molecule has 0 amide bonds. The Morgan fingerprint density at radius 2 is 1.83 bits per heavy atom. The molecule has 0 aliphatic rings. The summed E-state index contributed by atoms with van der Waals surface area (Å²) in [5.74, 6) is 0.657. The van der Waals surface area contributed by atoms with Crippen molar-refractivity contribution in [2.24, 2.45) is 0 Å². The number of benzene rings is 2. The van der Waals surface area contributed by atoms with Crippen LogP contribution in [0.2, 0.25) is 0 Å². The van der Waals surface area contributed by atoms with Gasteiger partial charge in [-0.1, -0.05) is 44.2 Å². The normalized spacial score (nSPS) is 10.8. The van der Waals surface area contributed by atoms with Gasteiger partial charge in [0.05, 0.1) is 5.56 Å². The lowest BCUT2D eigenvalue weighted by atomic mass is 9.99.